The number of ether oxygens (including phenoxy) is 1. The summed E-state index contributed by atoms with van der Waals surface area (Å²) in [6, 6.07) is 6.94. The number of nitrogens with zero attached hydrogens (tertiary/aromatic N) is 1. The number of likely N-dealkylation sites (tertiary alicyclic amines) is 1. The highest BCUT2D eigenvalue weighted by atomic mass is 16.5. The third kappa shape index (κ3) is 1.78. The third-order valence-electron chi connectivity index (χ3n) is 2.66. The van der Waals surface area contributed by atoms with Crippen LogP contribution in [0.15, 0.2) is 24.3 Å². The van der Waals surface area contributed by atoms with Crippen molar-refractivity contribution in [2.75, 3.05) is 13.7 Å². The first-order valence-electron chi connectivity index (χ1n) is 5.21. The Morgan fingerprint density at radius 3 is 2.75 bits per heavy atom. The van der Waals surface area contributed by atoms with E-state index in [9.17, 15) is 9.59 Å². The maximum Gasteiger partial charge on any atom is 0.264 e. The van der Waals surface area contributed by atoms with E-state index in [2.05, 4.69) is 0 Å². The monoisotopic (exact) mass is 219 g/mol. The lowest BCUT2D eigenvalue weighted by Gasteiger charge is -2.15. The fraction of sp³-hybridized carbons (Fsp3) is 0.333. The van der Waals surface area contributed by atoms with Crippen LogP contribution in [-0.2, 0) is 4.79 Å². The van der Waals surface area contributed by atoms with E-state index < -0.39 is 0 Å². The Kier molecular flexibility index (Phi) is 2.90. The van der Waals surface area contributed by atoms with Gasteiger partial charge < -0.3 is 4.74 Å². The van der Waals surface area contributed by atoms with Crippen LogP contribution in [0.5, 0.6) is 5.75 Å². The van der Waals surface area contributed by atoms with Crippen molar-refractivity contribution in [2.24, 2.45) is 0 Å². The number of imide groups is 1. The lowest BCUT2D eigenvalue weighted by Crippen LogP contribution is -2.32. The maximum atomic E-state index is 12.1. The van der Waals surface area contributed by atoms with Gasteiger partial charge in [-0.05, 0) is 18.6 Å². The van der Waals surface area contributed by atoms with Gasteiger partial charge in [0.1, 0.15) is 5.75 Å². The maximum absolute atomic E-state index is 12.1. The molecule has 1 aliphatic heterocycles. The average Bonchev–Trinajstić information content (AvgIpc) is 2.74. The highest BCUT2D eigenvalue weighted by molar-refractivity contribution is 6.07. The molecule has 0 N–H and O–H groups in total. The fourth-order valence-corrected chi connectivity index (χ4v) is 1.83. The topological polar surface area (TPSA) is 46.6 Å². The molecule has 0 unspecified atom stereocenters. The van der Waals surface area contributed by atoms with Crippen molar-refractivity contribution < 1.29 is 14.3 Å². The molecule has 0 spiro atoms. The molecule has 1 saturated heterocycles. The number of carbonyl (C=O) groups is 2. The average molecular weight is 219 g/mol. The second kappa shape index (κ2) is 4.35. The van der Waals surface area contributed by atoms with Crippen LogP contribution in [0.1, 0.15) is 23.2 Å². The van der Waals surface area contributed by atoms with Gasteiger partial charge in [-0.25, -0.2) is 0 Å². The molecular weight excluding hydrogens is 206 g/mol. The van der Waals surface area contributed by atoms with Crippen molar-refractivity contribution in [2.45, 2.75) is 12.8 Å². The van der Waals surface area contributed by atoms with E-state index in [-0.39, 0.29) is 11.8 Å². The number of methoxy groups -OCH3 is 1. The largest absolute Gasteiger partial charge is 0.496 e. The smallest absolute Gasteiger partial charge is 0.264 e. The summed E-state index contributed by atoms with van der Waals surface area (Å²) in [6.07, 6.45) is 1.21. The van der Waals surface area contributed by atoms with Gasteiger partial charge in [0.25, 0.3) is 5.91 Å². The molecule has 0 saturated carbocycles. The van der Waals surface area contributed by atoms with Crippen molar-refractivity contribution in [1.82, 2.24) is 4.90 Å². The normalized spacial score (nSPS) is 15.3. The van der Waals surface area contributed by atoms with Crippen molar-refractivity contribution in [3.05, 3.63) is 29.8 Å². The van der Waals surface area contributed by atoms with E-state index in [0.29, 0.717) is 24.3 Å². The second-order valence-corrected chi connectivity index (χ2v) is 3.65. The van der Waals surface area contributed by atoms with E-state index in [4.69, 9.17) is 4.74 Å². The van der Waals surface area contributed by atoms with Gasteiger partial charge in [0.15, 0.2) is 0 Å². The molecule has 0 aromatic heterocycles. The Hall–Kier alpha value is -1.84. The predicted molar refractivity (Wildman–Crippen MR) is 58.3 cm³/mol. The first kappa shape index (κ1) is 10.7. The van der Waals surface area contributed by atoms with Crippen molar-refractivity contribution in [3.63, 3.8) is 0 Å². The summed E-state index contributed by atoms with van der Waals surface area (Å²) in [5.74, 6) is 0.142. The molecule has 0 aliphatic carbocycles. The number of carbonyl (C=O) groups excluding carboxylic acids is 2. The van der Waals surface area contributed by atoms with Crippen molar-refractivity contribution in [3.8, 4) is 5.75 Å². The van der Waals surface area contributed by atoms with Crippen molar-refractivity contribution in [1.29, 1.82) is 0 Å². The van der Waals surface area contributed by atoms with Crippen LogP contribution in [0.2, 0.25) is 0 Å². The summed E-state index contributed by atoms with van der Waals surface area (Å²) in [4.78, 5) is 24.8. The summed E-state index contributed by atoms with van der Waals surface area (Å²) in [5, 5.41) is 0. The molecule has 1 aromatic carbocycles. The van der Waals surface area contributed by atoms with E-state index in [1.165, 1.54) is 12.0 Å². The molecule has 16 heavy (non-hydrogen) atoms. The van der Waals surface area contributed by atoms with E-state index in [1.807, 2.05) is 0 Å². The predicted octanol–water partition coefficient (Wildman–Crippen LogP) is 1.46. The molecule has 1 aromatic rings. The molecule has 2 amide bonds. The summed E-state index contributed by atoms with van der Waals surface area (Å²) < 4.78 is 5.10. The van der Waals surface area contributed by atoms with Crippen LogP contribution in [0, 0.1) is 0 Å². The zero-order chi connectivity index (χ0) is 11.5. The Bertz CT molecular complexity index is 428. The molecule has 84 valence electrons. The van der Waals surface area contributed by atoms with Crippen LogP contribution in [0.25, 0.3) is 0 Å². The van der Waals surface area contributed by atoms with Crippen molar-refractivity contribution >= 4 is 11.8 Å². The molecule has 1 fully saturated rings. The minimum atomic E-state index is -0.264. The molecule has 0 radical (unpaired) electrons. The number of para-hydroxylation sites is 1. The van der Waals surface area contributed by atoms with E-state index in [0.717, 1.165) is 6.42 Å². The lowest BCUT2D eigenvalue weighted by atomic mass is 10.2. The summed E-state index contributed by atoms with van der Waals surface area (Å²) in [7, 11) is 1.51. The highest BCUT2D eigenvalue weighted by Crippen LogP contribution is 2.21. The highest BCUT2D eigenvalue weighted by Gasteiger charge is 2.28. The van der Waals surface area contributed by atoms with Gasteiger partial charge in [0, 0.05) is 13.0 Å². The van der Waals surface area contributed by atoms with Crippen LogP contribution in [-0.4, -0.2) is 30.4 Å². The molecule has 4 nitrogen and oxygen atoms in total. The van der Waals surface area contributed by atoms with Crippen LogP contribution < -0.4 is 4.74 Å². The summed E-state index contributed by atoms with van der Waals surface area (Å²) >= 11 is 0. The van der Waals surface area contributed by atoms with Gasteiger partial charge in [-0.3, -0.25) is 14.5 Å². The number of hydrogen-bond acceptors (Lipinski definition) is 3. The Labute approximate surface area is 93.8 Å². The number of amides is 2. The van der Waals surface area contributed by atoms with Crippen LogP contribution >= 0.6 is 0 Å². The molecule has 2 rings (SSSR count). The summed E-state index contributed by atoms with van der Waals surface area (Å²) in [5.41, 5.74) is 0.445. The molecule has 4 heteroatoms. The van der Waals surface area contributed by atoms with Gasteiger partial charge in [0.05, 0.1) is 12.7 Å². The first-order chi connectivity index (χ1) is 7.74. The molecule has 1 heterocycles. The standard InChI is InChI=1S/C12H13NO3/c1-16-10-6-3-2-5-9(10)12(15)13-8-4-7-11(13)14/h2-3,5-6H,4,7-8H2,1H3. The Morgan fingerprint density at radius 1 is 1.38 bits per heavy atom. The molecule has 1 aliphatic rings. The second-order valence-electron chi connectivity index (χ2n) is 3.65. The van der Waals surface area contributed by atoms with Gasteiger partial charge >= 0.3 is 0 Å². The zero-order valence-corrected chi connectivity index (χ0v) is 9.10. The summed E-state index contributed by atoms with van der Waals surface area (Å²) in [6.45, 7) is 0.510. The molecular formula is C12H13NO3. The Morgan fingerprint density at radius 2 is 2.12 bits per heavy atom. The SMILES string of the molecule is COc1ccccc1C(=O)N1CCCC1=O. The lowest BCUT2D eigenvalue weighted by molar-refractivity contribution is -0.125. The van der Waals surface area contributed by atoms with Gasteiger partial charge in [-0.2, -0.15) is 0 Å². The zero-order valence-electron chi connectivity index (χ0n) is 9.10. The fourth-order valence-electron chi connectivity index (χ4n) is 1.83. The Balaban J connectivity index is 2.30. The molecule has 0 bridgehead atoms. The molecule has 0 atom stereocenters. The van der Waals surface area contributed by atoms with E-state index >= 15 is 0 Å². The van der Waals surface area contributed by atoms with Gasteiger partial charge in [0.2, 0.25) is 5.91 Å². The minimum Gasteiger partial charge on any atom is -0.496 e. The number of hydrogen-bond donors (Lipinski definition) is 0. The number of benzene rings is 1. The number of rotatable bonds is 2. The van der Waals surface area contributed by atoms with E-state index in [1.54, 1.807) is 24.3 Å². The van der Waals surface area contributed by atoms with Crippen LogP contribution in [0.3, 0.4) is 0 Å². The first-order valence-corrected chi connectivity index (χ1v) is 5.21. The van der Waals surface area contributed by atoms with Gasteiger partial charge in [-0.15, -0.1) is 0 Å². The quantitative estimate of drug-likeness (QED) is 0.707. The van der Waals surface area contributed by atoms with Crippen LogP contribution in [0.4, 0.5) is 0 Å². The third-order valence-corrected chi connectivity index (χ3v) is 2.66. The minimum absolute atomic E-state index is 0.101. The van der Waals surface area contributed by atoms with Gasteiger partial charge in [-0.1, -0.05) is 12.1 Å².